The minimum Gasteiger partial charge on any atom is -0.493 e. The Morgan fingerprint density at radius 1 is 1.16 bits per heavy atom. The fourth-order valence-electron chi connectivity index (χ4n) is 3.48. The molecule has 6 heteroatoms. The Kier molecular flexibility index (Phi) is 4.63. The quantitative estimate of drug-likeness (QED) is 0.740. The van der Waals surface area contributed by atoms with E-state index in [1.807, 2.05) is 41.0 Å². The zero-order chi connectivity index (χ0) is 17.2. The monoisotopic (exact) mass is 369 g/mol. The van der Waals surface area contributed by atoms with Gasteiger partial charge in [0.15, 0.2) is 3.95 Å². The first-order chi connectivity index (χ1) is 12.2. The van der Waals surface area contributed by atoms with Crippen molar-refractivity contribution in [3.63, 3.8) is 0 Å². The van der Waals surface area contributed by atoms with Gasteiger partial charge in [0.1, 0.15) is 5.71 Å². The Bertz CT molecular complexity index is 916. The number of hydrogen-bond donors (Lipinski definition) is 1. The van der Waals surface area contributed by atoms with Crippen LogP contribution in [0.15, 0.2) is 46.1 Å². The molecule has 1 fully saturated rings. The summed E-state index contributed by atoms with van der Waals surface area (Å²) in [5.41, 5.74) is 2.73. The van der Waals surface area contributed by atoms with Crippen molar-refractivity contribution in [1.82, 2.24) is 4.57 Å². The largest absolute Gasteiger partial charge is 0.493 e. The van der Waals surface area contributed by atoms with E-state index in [9.17, 15) is 5.11 Å². The maximum Gasteiger partial charge on any atom is 0.210 e. The molecule has 2 heterocycles. The van der Waals surface area contributed by atoms with E-state index in [0.29, 0.717) is 6.04 Å². The summed E-state index contributed by atoms with van der Waals surface area (Å²) in [6.45, 7) is 0. The lowest BCUT2D eigenvalue weighted by molar-refractivity contribution is 0.312. The molecule has 0 spiro atoms. The van der Waals surface area contributed by atoms with Gasteiger partial charge in [-0.25, -0.2) is 0 Å². The highest BCUT2D eigenvalue weighted by atomic mass is 32.1. The number of benzene rings is 1. The smallest absolute Gasteiger partial charge is 0.210 e. The van der Waals surface area contributed by atoms with Crippen molar-refractivity contribution in [1.29, 1.82) is 0 Å². The van der Waals surface area contributed by atoms with E-state index in [1.165, 1.54) is 30.6 Å². The normalized spacial score (nSPS) is 19.5. The van der Waals surface area contributed by atoms with Crippen molar-refractivity contribution in [2.75, 3.05) is 0 Å². The van der Waals surface area contributed by atoms with E-state index in [4.69, 9.17) is 12.2 Å². The lowest BCUT2D eigenvalue weighted by Gasteiger charge is -2.23. The molecular formula is C19H19N3OS2. The average molecular weight is 370 g/mol. The summed E-state index contributed by atoms with van der Waals surface area (Å²) in [7, 11) is 0. The van der Waals surface area contributed by atoms with Crippen LogP contribution >= 0.6 is 23.6 Å². The number of hydrogen-bond acceptors (Lipinski definition) is 5. The summed E-state index contributed by atoms with van der Waals surface area (Å²) in [5, 5.41) is 19.0. The second kappa shape index (κ2) is 7.06. The molecule has 1 aromatic carbocycles. The highest BCUT2D eigenvalue weighted by Crippen LogP contribution is 2.37. The first-order valence-corrected chi connectivity index (χ1v) is 9.79. The van der Waals surface area contributed by atoms with Crippen LogP contribution in [0.4, 0.5) is 0 Å². The van der Waals surface area contributed by atoms with Gasteiger partial charge in [-0.05, 0) is 31.1 Å². The summed E-state index contributed by atoms with van der Waals surface area (Å²) < 4.78 is 2.68. The van der Waals surface area contributed by atoms with Crippen molar-refractivity contribution in [2.24, 2.45) is 10.2 Å². The number of nitrogens with zero attached hydrogens (tertiary/aromatic N) is 3. The van der Waals surface area contributed by atoms with Gasteiger partial charge in [0.05, 0.1) is 11.1 Å². The summed E-state index contributed by atoms with van der Waals surface area (Å²) in [4.78, 5) is 0.780. The van der Waals surface area contributed by atoms with E-state index in [1.54, 1.807) is 6.21 Å². The molecule has 0 saturated heterocycles. The van der Waals surface area contributed by atoms with Gasteiger partial charge in [0.25, 0.3) is 0 Å². The van der Waals surface area contributed by atoms with Crippen LogP contribution in [-0.4, -0.2) is 21.6 Å². The van der Waals surface area contributed by atoms with Crippen LogP contribution in [0.1, 0.15) is 48.6 Å². The molecule has 4 rings (SSSR count). The van der Waals surface area contributed by atoms with E-state index in [0.717, 1.165) is 38.5 Å². The van der Waals surface area contributed by atoms with E-state index in [2.05, 4.69) is 10.2 Å². The van der Waals surface area contributed by atoms with Crippen molar-refractivity contribution >= 4 is 41.6 Å². The first-order valence-electron chi connectivity index (χ1n) is 8.57. The van der Waals surface area contributed by atoms with Gasteiger partial charge in [-0.1, -0.05) is 49.6 Å². The molecule has 25 heavy (non-hydrogen) atoms. The van der Waals surface area contributed by atoms with Crippen LogP contribution in [0.5, 0.6) is 5.88 Å². The minimum absolute atomic E-state index is 0.280. The molecule has 2 aromatic rings. The maximum atomic E-state index is 10.8. The number of allylic oxidation sites excluding steroid dienone is 1. The van der Waals surface area contributed by atoms with E-state index >= 15 is 0 Å². The highest BCUT2D eigenvalue weighted by molar-refractivity contribution is 7.73. The van der Waals surface area contributed by atoms with Gasteiger partial charge in [0, 0.05) is 17.2 Å². The lowest BCUT2D eigenvalue weighted by atomic mass is 9.95. The molecular weight excluding hydrogens is 350 g/mol. The predicted octanol–water partition coefficient (Wildman–Crippen LogP) is 5.36. The van der Waals surface area contributed by atoms with Crippen LogP contribution in [0.2, 0.25) is 0 Å². The summed E-state index contributed by atoms with van der Waals surface area (Å²) in [6, 6.07) is 10.3. The molecule has 2 aliphatic rings. The predicted molar refractivity (Wildman–Crippen MR) is 106 cm³/mol. The molecule has 4 nitrogen and oxygen atoms in total. The Labute approximate surface area is 155 Å². The molecule has 0 radical (unpaired) electrons. The number of aromatic hydroxyl groups is 1. The Morgan fingerprint density at radius 3 is 2.68 bits per heavy atom. The molecule has 0 amide bonds. The van der Waals surface area contributed by atoms with Crippen LogP contribution in [0, 0.1) is 3.95 Å². The van der Waals surface area contributed by atoms with Gasteiger partial charge in [0.2, 0.25) is 5.88 Å². The van der Waals surface area contributed by atoms with E-state index < -0.39 is 0 Å². The first kappa shape index (κ1) is 16.4. The lowest BCUT2D eigenvalue weighted by Crippen LogP contribution is -2.12. The van der Waals surface area contributed by atoms with E-state index in [-0.39, 0.29) is 5.88 Å². The Hall–Kier alpha value is -2.05. The van der Waals surface area contributed by atoms with Gasteiger partial charge >= 0.3 is 0 Å². The fraction of sp³-hybridized carbons (Fsp3) is 0.316. The topological polar surface area (TPSA) is 49.9 Å². The number of rotatable bonds is 3. The van der Waals surface area contributed by atoms with Crippen molar-refractivity contribution < 1.29 is 5.11 Å². The Morgan fingerprint density at radius 2 is 1.92 bits per heavy atom. The van der Waals surface area contributed by atoms with Crippen LogP contribution in [0.3, 0.4) is 0 Å². The molecule has 0 unspecified atom stereocenters. The van der Waals surface area contributed by atoms with Crippen molar-refractivity contribution in [2.45, 2.75) is 38.1 Å². The molecule has 1 aromatic heterocycles. The summed E-state index contributed by atoms with van der Waals surface area (Å²) >= 11 is 6.99. The highest BCUT2D eigenvalue weighted by Gasteiger charge is 2.22. The zero-order valence-corrected chi connectivity index (χ0v) is 15.4. The second-order valence-corrected chi connectivity index (χ2v) is 8.05. The molecule has 1 aliphatic heterocycles. The number of aromatic nitrogens is 1. The third-order valence-electron chi connectivity index (χ3n) is 4.74. The summed E-state index contributed by atoms with van der Waals surface area (Å²) in [5.74, 6) is 0.280. The standard InChI is InChI=1S/C19H19N3OS2/c23-18-16(25-19(24)22(18)15-9-5-2-6-10-15)11-14-12-20-21-17(14)13-7-3-1-4-8-13/h1,3-4,7-8,11-12,15,23H,2,5-6,9-10H2. The average Bonchev–Trinajstić information content (AvgIpc) is 3.21. The SMILES string of the molecule is Oc1c(C=C2C=NN=C2c2ccccc2)sc(=S)n1C1CCCCC1. The molecule has 0 bridgehead atoms. The molecule has 128 valence electrons. The molecule has 1 saturated carbocycles. The van der Waals surface area contributed by atoms with Gasteiger partial charge in [-0.15, -0.1) is 16.4 Å². The van der Waals surface area contributed by atoms with Crippen LogP contribution in [0.25, 0.3) is 6.08 Å². The van der Waals surface area contributed by atoms with Crippen LogP contribution in [-0.2, 0) is 0 Å². The second-order valence-electron chi connectivity index (χ2n) is 6.38. The van der Waals surface area contributed by atoms with Crippen LogP contribution < -0.4 is 0 Å². The maximum absolute atomic E-state index is 10.8. The molecule has 1 aliphatic carbocycles. The molecule has 0 atom stereocenters. The third-order valence-corrected chi connectivity index (χ3v) is 6.08. The van der Waals surface area contributed by atoms with Crippen molar-refractivity contribution in [3.05, 3.63) is 50.3 Å². The zero-order valence-electron chi connectivity index (χ0n) is 13.8. The third kappa shape index (κ3) is 3.24. The van der Waals surface area contributed by atoms with Gasteiger partial charge < -0.3 is 5.11 Å². The van der Waals surface area contributed by atoms with Gasteiger partial charge in [-0.3, -0.25) is 4.57 Å². The Balaban J connectivity index is 1.69. The number of thiazole rings is 1. The fourth-order valence-corrected chi connectivity index (χ4v) is 4.89. The minimum atomic E-state index is 0.280. The molecule has 1 N–H and O–H groups in total. The van der Waals surface area contributed by atoms with Gasteiger partial charge in [-0.2, -0.15) is 5.10 Å². The summed E-state index contributed by atoms with van der Waals surface area (Å²) in [6.07, 6.45) is 9.54. The van der Waals surface area contributed by atoms with Crippen molar-refractivity contribution in [3.8, 4) is 5.88 Å².